The number of hydrogen-bond acceptors (Lipinski definition) is 4. The van der Waals surface area contributed by atoms with Gasteiger partial charge in [0.15, 0.2) is 5.15 Å². The Morgan fingerprint density at radius 2 is 2.31 bits per heavy atom. The summed E-state index contributed by atoms with van der Waals surface area (Å²) in [5.41, 5.74) is 1.29. The molecule has 26 heavy (non-hydrogen) atoms. The summed E-state index contributed by atoms with van der Waals surface area (Å²) in [6.45, 7) is 1.20. The molecule has 0 aliphatic carbocycles. The lowest BCUT2D eigenvalue weighted by molar-refractivity contribution is -0.138. The van der Waals surface area contributed by atoms with Gasteiger partial charge in [-0.1, -0.05) is 17.7 Å². The van der Waals surface area contributed by atoms with E-state index in [1.807, 2.05) is 24.4 Å². The van der Waals surface area contributed by atoms with Gasteiger partial charge in [-0.3, -0.25) is 14.0 Å². The molecule has 2 aromatic rings. The van der Waals surface area contributed by atoms with Crippen LogP contribution in [-0.2, 0) is 14.3 Å². The Morgan fingerprint density at radius 1 is 1.46 bits per heavy atom. The topological polar surface area (TPSA) is 84.1 Å². The number of aromatic nitrogens is 2. The lowest BCUT2D eigenvalue weighted by Crippen LogP contribution is -2.37. The van der Waals surface area contributed by atoms with E-state index in [-0.39, 0.29) is 25.0 Å². The average molecular weight is 378 g/mol. The van der Waals surface area contributed by atoms with E-state index in [0.717, 1.165) is 12.8 Å². The minimum absolute atomic E-state index is 0.0412. The highest BCUT2D eigenvalue weighted by atomic mass is 35.5. The van der Waals surface area contributed by atoms with Crippen LogP contribution in [0.4, 0.5) is 0 Å². The van der Waals surface area contributed by atoms with E-state index in [1.54, 1.807) is 10.5 Å². The predicted octanol–water partition coefficient (Wildman–Crippen LogP) is 2.48. The molecule has 138 valence electrons. The predicted molar refractivity (Wildman–Crippen MR) is 97.0 cm³/mol. The number of hydrogen-bond donors (Lipinski definition) is 1. The number of ether oxygens (including phenoxy) is 1. The van der Waals surface area contributed by atoms with Crippen LogP contribution in [0.5, 0.6) is 0 Å². The molecular formula is C18H20ClN3O4. The smallest absolute Gasteiger partial charge is 0.305 e. The molecule has 1 aliphatic heterocycles. The Hall–Kier alpha value is -2.38. The quantitative estimate of drug-likeness (QED) is 0.749. The summed E-state index contributed by atoms with van der Waals surface area (Å²) in [5, 5.41) is 9.23. The maximum atomic E-state index is 12.6. The number of amides is 1. The van der Waals surface area contributed by atoms with Crippen LogP contribution in [0.2, 0.25) is 5.15 Å². The Labute approximate surface area is 155 Å². The van der Waals surface area contributed by atoms with E-state index in [4.69, 9.17) is 21.4 Å². The number of carbonyl (C=O) groups excluding carboxylic acids is 1. The van der Waals surface area contributed by atoms with Crippen molar-refractivity contribution in [1.29, 1.82) is 0 Å². The molecule has 7 nitrogen and oxygen atoms in total. The Bertz CT molecular complexity index is 827. The molecule has 1 fully saturated rings. The van der Waals surface area contributed by atoms with Crippen LogP contribution in [0.15, 0.2) is 30.5 Å². The number of carbonyl (C=O) groups is 2. The number of rotatable bonds is 7. The monoisotopic (exact) mass is 377 g/mol. The largest absolute Gasteiger partial charge is 0.481 e. The Kier molecular flexibility index (Phi) is 5.90. The first kappa shape index (κ1) is 18.4. The van der Waals surface area contributed by atoms with Gasteiger partial charge >= 0.3 is 5.97 Å². The second-order valence-electron chi connectivity index (χ2n) is 6.11. The summed E-state index contributed by atoms with van der Waals surface area (Å²) in [6, 6.07) is 5.52. The van der Waals surface area contributed by atoms with Gasteiger partial charge in [0.05, 0.1) is 18.2 Å². The summed E-state index contributed by atoms with van der Waals surface area (Å²) in [7, 11) is 0. The van der Waals surface area contributed by atoms with Crippen LogP contribution in [0.25, 0.3) is 11.7 Å². The lowest BCUT2D eigenvalue weighted by Gasteiger charge is -2.23. The molecule has 1 atom stereocenters. The van der Waals surface area contributed by atoms with Gasteiger partial charge in [0.1, 0.15) is 5.65 Å². The number of carboxylic acids is 1. The zero-order valence-electron chi connectivity index (χ0n) is 14.2. The molecule has 2 aromatic heterocycles. The normalized spacial score (nSPS) is 17.2. The number of fused-ring (bicyclic) bond motifs is 1. The van der Waals surface area contributed by atoms with Crippen molar-refractivity contribution >= 4 is 35.2 Å². The van der Waals surface area contributed by atoms with Gasteiger partial charge in [0, 0.05) is 32.0 Å². The van der Waals surface area contributed by atoms with E-state index in [0.29, 0.717) is 29.6 Å². The van der Waals surface area contributed by atoms with E-state index in [9.17, 15) is 9.59 Å². The van der Waals surface area contributed by atoms with Crippen molar-refractivity contribution in [2.24, 2.45) is 0 Å². The molecule has 0 spiro atoms. The Morgan fingerprint density at radius 3 is 3.04 bits per heavy atom. The van der Waals surface area contributed by atoms with Gasteiger partial charge in [-0.15, -0.1) is 0 Å². The lowest BCUT2D eigenvalue weighted by atomic mass is 10.2. The molecule has 1 saturated heterocycles. The van der Waals surface area contributed by atoms with Gasteiger partial charge in [0.25, 0.3) is 0 Å². The van der Waals surface area contributed by atoms with Crippen molar-refractivity contribution in [3.8, 4) is 0 Å². The third-order valence-electron chi connectivity index (χ3n) is 4.26. The first-order valence-electron chi connectivity index (χ1n) is 8.47. The van der Waals surface area contributed by atoms with Crippen LogP contribution in [0.3, 0.4) is 0 Å². The van der Waals surface area contributed by atoms with Gasteiger partial charge in [-0.05, 0) is 31.1 Å². The first-order valence-corrected chi connectivity index (χ1v) is 8.85. The summed E-state index contributed by atoms with van der Waals surface area (Å²) >= 11 is 6.17. The van der Waals surface area contributed by atoms with Crippen molar-refractivity contribution < 1.29 is 19.4 Å². The highest BCUT2D eigenvalue weighted by Gasteiger charge is 2.22. The Balaban J connectivity index is 1.75. The molecule has 8 heteroatoms. The van der Waals surface area contributed by atoms with Gasteiger partial charge in [-0.2, -0.15) is 0 Å². The molecule has 0 aromatic carbocycles. The summed E-state index contributed by atoms with van der Waals surface area (Å²) in [4.78, 5) is 29.2. The second-order valence-corrected chi connectivity index (χ2v) is 6.47. The molecule has 0 bridgehead atoms. The molecule has 1 aliphatic rings. The third-order valence-corrected chi connectivity index (χ3v) is 4.54. The highest BCUT2D eigenvalue weighted by Crippen LogP contribution is 2.19. The third kappa shape index (κ3) is 4.42. The van der Waals surface area contributed by atoms with Crippen molar-refractivity contribution in [3.63, 3.8) is 0 Å². The van der Waals surface area contributed by atoms with Crippen molar-refractivity contribution in [1.82, 2.24) is 14.3 Å². The maximum absolute atomic E-state index is 12.6. The zero-order valence-corrected chi connectivity index (χ0v) is 14.9. The van der Waals surface area contributed by atoms with Crippen LogP contribution in [0, 0.1) is 0 Å². The molecule has 1 unspecified atom stereocenters. The van der Waals surface area contributed by atoms with Gasteiger partial charge in [0.2, 0.25) is 5.91 Å². The van der Waals surface area contributed by atoms with Crippen molar-refractivity contribution in [2.45, 2.75) is 25.4 Å². The fraction of sp³-hybridized carbons (Fsp3) is 0.389. The van der Waals surface area contributed by atoms with Crippen LogP contribution >= 0.6 is 11.6 Å². The zero-order chi connectivity index (χ0) is 18.5. The van der Waals surface area contributed by atoms with Crippen molar-refractivity contribution in [3.05, 3.63) is 41.3 Å². The number of nitrogens with zero attached hydrogens (tertiary/aromatic N) is 3. The molecule has 3 rings (SSSR count). The second kappa shape index (κ2) is 8.33. The minimum atomic E-state index is -0.941. The van der Waals surface area contributed by atoms with Crippen LogP contribution in [0.1, 0.15) is 25.0 Å². The number of carboxylic acid groups (broad SMARTS) is 1. The van der Waals surface area contributed by atoms with Crippen molar-refractivity contribution in [2.75, 3.05) is 19.7 Å². The average Bonchev–Trinajstić information content (AvgIpc) is 3.23. The number of imidazole rings is 1. The molecule has 1 amide bonds. The van der Waals surface area contributed by atoms with Crippen LogP contribution < -0.4 is 0 Å². The SMILES string of the molecule is O=C(O)CCN(CC1CCCO1)C(=O)C=Cc1c(Cl)nc2ccccn12. The standard InChI is InChI=1S/C18H20ClN3O4/c19-18-14(22-9-2-1-5-15(22)20-18)6-7-16(23)21(10-8-17(24)25)12-13-4-3-11-26-13/h1-2,5-7,9,13H,3-4,8,10-12H2,(H,24,25). The summed E-state index contributed by atoms with van der Waals surface area (Å²) in [6.07, 6.45) is 6.50. The van der Waals surface area contributed by atoms with E-state index in [2.05, 4.69) is 4.98 Å². The van der Waals surface area contributed by atoms with E-state index < -0.39 is 5.97 Å². The minimum Gasteiger partial charge on any atom is -0.481 e. The van der Waals surface area contributed by atoms with Gasteiger partial charge < -0.3 is 14.7 Å². The molecular weight excluding hydrogens is 358 g/mol. The fourth-order valence-corrected chi connectivity index (χ4v) is 3.19. The van der Waals surface area contributed by atoms with E-state index >= 15 is 0 Å². The first-order chi connectivity index (χ1) is 12.5. The fourth-order valence-electron chi connectivity index (χ4n) is 2.95. The number of halogens is 1. The van der Waals surface area contributed by atoms with E-state index in [1.165, 1.54) is 11.0 Å². The maximum Gasteiger partial charge on any atom is 0.305 e. The molecule has 3 heterocycles. The summed E-state index contributed by atoms with van der Waals surface area (Å²) < 4.78 is 7.35. The van der Waals surface area contributed by atoms with Crippen LogP contribution in [-0.4, -0.2) is 57.1 Å². The summed E-state index contributed by atoms with van der Waals surface area (Å²) in [5.74, 6) is -1.22. The highest BCUT2D eigenvalue weighted by molar-refractivity contribution is 6.31. The molecule has 0 radical (unpaired) electrons. The van der Waals surface area contributed by atoms with Gasteiger partial charge in [-0.25, -0.2) is 4.98 Å². The number of aliphatic carboxylic acids is 1. The number of pyridine rings is 1. The molecule has 1 N–H and O–H groups in total. The molecule has 0 saturated carbocycles.